The van der Waals surface area contributed by atoms with E-state index in [1.807, 2.05) is 38.1 Å². The second-order valence-corrected chi connectivity index (χ2v) is 7.34. The maximum atomic E-state index is 13.0. The van der Waals surface area contributed by atoms with Crippen molar-refractivity contribution in [3.05, 3.63) is 46.8 Å². The summed E-state index contributed by atoms with van der Waals surface area (Å²) in [4.78, 5) is 4.60. The second kappa shape index (κ2) is 8.32. The van der Waals surface area contributed by atoms with Crippen LogP contribution >= 0.6 is 11.3 Å². The topological polar surface area (TPSA) is 51.5 Å². The molecule has 3 aromatic rings. The Morgan fingerprint density at radius 2 is 2.07 bits per heavy atom. The molecular weight excluding hydrogens is 389 g/mol. The van der Waals surface area contributed by atoms with Crippen LogP contribution in [0.25, 0.3) is 22.3 Å². The van der Waals surface area contributed by atoms with Crippen LogP contribution in [0.15, 0.2) is 30.5 Å². The summed E-state index contributed by atoms with van der Waals surface area (Å²) in [5, 5.41) is 5.97. The van der Waals surface area contributed by atoms with E-state index < -0.39 is 11.2 Å². The average molecular weight is 410 g/mol. The first-order valence-electron chi connectivity index (χ1n) is 8.85. The Labute approximate surface area is 164 Å². The van der Waals surface area contributed by atoms with Gasteiger partial charge in [-0.1, -0.05) is 42.5 Å². The van der Waals surface area contributed by atoms with Gasteiger partial charge in [-0.05, 0) is 25.8 Å². The molecule has 3 rings (SSSR count). The molecule has 0 radical (unpaired) electrons. The predicted molar refractivity (Wildman–Crippen MR) is 104 cm³/mol. The van der Waals surface area contributed by atoms with Crippen molar-refractivity contribution in [3.8, 4) is 11.3 Å². The first kappa shape index (κ1) is 20.3. The number of ether oxygens (including phenoxy) is 1. The van der Waals surface area contributed by atoms with Crippen LogP contribution in [0.4, 0.5) is 13.2 Å². The molecule has 0 aliphatic carbocycles. The number of hydrogen-bond donors (Lipinski definition) is 1. The van der Waals surface area contributed by atoms with E-state index in [9.17, 15) is 13.2 Å². The number of nitrogens with zero attached hydrogens (tertiary/aromatic N) is 3. The molecule has 150 valence electrons. The van der Waals surface area contributed by atoms with Gasteiger partial charge in [0.15, 0.2) is 0 Å². The third-order valence-electron chi connectivity index (χ3n) is 4.33. The van der Waals surface area contributed by atoms with Gasteiger partial charge in [0.05, 0.1) is 17.6 Å². The summed E-state index contributed by atoms with van der Waals surface area (Å²) in [6.45, 7) is 6.33. The molecule has 2 aromatic heterocycles. The summed E-state index contributed by atoms with van der Waals surface area (Å²) < 4.78 is 45.8. The number of imidazole rings is 1. The van der Waals surface area contributed by atoms with Crippen LogP contribution in [0.1, 0.15) is 36.5 Å². The van der Waals surface area contributed by atoms with Crippen LogP contribution in [-0.4, -0.2) is 27.4 Å². The molecule has 28 heavy (non-hydrogen) atoms. The first-order valence-corrected chi connectivity index (χ1v) is 9.67. The quantitative estimate of drug-likeness (QED) is 0.334. The van der Waals surface area contributed by atoms with Gasteiger partial charge in [-0.25, -0.2) is 9.50 Å². The van der Waals surface area contributed by atoms with Crippen molar-refractivity contribution in [2.45, 2.75) is 39.4 Å². The van der Waals surface area contributed by atoms with Gasteiger partial charge in [0, 0.05) is 17.7 Å². The fourth-order valence-corrected chi connectivity index (χ4v) is 3.33. The van der Waals surface area contributed by atoms with Gasteiger partial charge in [0.1, 0.15) is 6.73 Å². The van der Waals surface area contributed by atoms with Gasteiger partial charge >= 0.3 is 6.18 Å². The number of aromatic nitrogens is 3. The van der Waals surface area contributed by atoms with E-state index in [0.717, 1.165) is 17.5 Å². The molecule has 9 heteroatoms. The van der Waals surface area contributed by atoms with Crippen molar-refractivity contribution in [1.82, 2.24) is 19.9 Å². The highest BCUT2D eigenvalue weighted by molar-refractivity contribution is 7.16. The molecule has 0 saturated heterocycles. The van der Waals surface area contributed by atoms with E-state index in [1.54, 1.807) is 6.08 Å². The SMILES string of the molecule is CCC(C)NCO/C=C/c1c(-c2ccccc2C)nc2sc(C(F)(F)F)nn12. The number of fused-ring (bicyclic) bond motifs is 1. The molecule has 1 unspecified atom stereocenters. The highest BCUT2D eigenvalue weighted by atomic mass is 32.1. The van der Waals surface area contributed by atoms with Gasteiger partial charge in [-0.15, -0.1) is 5.10 Å². The summed E-state index contributed by atoms with van der Waals surface area (Å²) >= 11 is 0.519. The molecule has 0 aliphatic heterocycles. The minimum absolute atomic E-state index is 0.183. The van der Waals surface area contributed by atoms with Crippen LogP contribution < -0.4 is 5.32 Å². The standard InChI is InChI=1S/C19H21F3N4OS/c1-4-13(3)23-11-27-10-9-15-16(14-8-6-5-7-12(14)2)24-18-26(15)25-17(28-18)19(20,21)22/h5-10,13,23H,4,11H2,1-3H3/b10-9+. The Morgan fingerprint density at radius 3 is 2.75 bits per heavy atom. The Morgan fingerprint density at radius 1 is 1.32 bits per heavy atom. The number of halogens is 3. The lowest BCUT2D eigenvalue weighted by molar-refractivity contribution is -0.138. The van der Waals surface area contributed by atoms with Crippen molar-refractivity contribution < 1.29 is 17.9 Å². The molecule has 0 bridgehead atoms. The summed E-state index contributed by atoms with van der Waals surface area (Å²) in [6.07, 6.45) is -0.494. The fourth-order valence-electron chi connectivity index (χ4n) is 2.56. The van der Waals surface area contributed by atoms with Crippen molar-refractivity contribution in [2.75, 3.05) is 6.73 Å². The van der Waals surface area contributed by atoms with Gasteiger partial charge in [0.2, 0.25) is 9.97 Å². The lowest BCUT2D eigenvalue weighted by Gasteiger charge is -2.10. The predicted octanol–water partition coefficient (Wildman–Crippen LogP) is 5.12. The summed E-state index contributed by atoms with van der Waals surface area (Å²) in [7, 11) is 0. The highest BCUT2D eigenvalue weighted by Crippen LogP contribution is 2.35. The Hall–Kier alpha value is -2.39. The number of hydrogen-bond acceptors (Lipinski definition) is 5. The third kappa shape index (κ3) is 4.36. The van der Waals surface area contributed by atoms with Crippen molar-refractivity contribution >= 4 is 22.4 Å². The zero-order valence-electron chi connectivity index (χ0n) is 15.7. The zero-order valence-corrected chi connectivity index (χ0v) is 16.6. The molecule has 0 amide bonds. The monoisotopic (exact) mass is 410 g/mol. The highest BCUT2D eigenvalue weighted by Gasteiger charge is 2.36. The molecule has 2 heterocycles. The van der Waals surface area contributed by atoms with E-state index in [-0.39, 0.29) is 4.96 Å². The van der Waals surface area contributed by atoms with Gasteiger partial charge in [-0.2, -0.15) is 13.2 Å². The van der Waals surface area contributed by atoms with Crippen LogP contribution in [0, 0.1) is 6.92 Å². The maximum absolute atomic E-state index is 13.0. The largest absolute Gasteiger partial charge is 0.486 e. The molecular formula is C19H21F3N4OS. The molecule has 1 aromatic carbocycles. The van der Waals surface area contributed by atoms with Crippen LogP contribution in [0.3, 0.4) is 0 Å². The normalized spacial score (nSPS) is 13.5. The number of nitrogens with one attached hydrogen (secondary N) is 1. The second-order valence-electron chi connectivity index (χ2n) is 6.39. The zero-order chi connectivity index (χ0) is 20.3. The molecule has 0 fully saturated rings. The number of rotatable bonds is 7. The van der Waals surface area contributed by atoms with E-state index in [2.05, 4.69) is 22.3 Å². The molecule has 5 nitrogen and oxygen atoms in total. The minimum atomic E-state index is -4.51. The summed E-state index contributed by atoms with van der Waals surface area (Å²) in [5.74, 6) is 0. The summed E-state index contributed by atoms with van der Waals surface area (Å²) in [5.41, 5.74) is 2.82. The van der Waals surface area contributed by atoms with E-state index in [4.69, 9.17) is 4.74 Å². The average Bonchev–Trinajstić information content (AvgIpc) is 3.20. The van der Waals surface area contributed by atoms with Crippen molar-refractivity contribution in [2.24, 2.45) is 0 Å². The van der Waals surface area contributed by atoms with Crippen LogP contribution in [-0.2, 0) is 10.9 Å². The molecule has 0 saturated carbocycles. The Balaban J connectivity index is 1.97. The van der Waals surface area contributed by atoms with Crippen molar-refractivity contribution in [3.63, 3.8) is 0 Å². The smallest absolute Gasteiger partial charge is 0.445 e. The maximum Gasteiger partial charge on any atom is 0.445 e. The fraction of sp³-hybridized carbons (Fsp3) is 0.368. The van der Waals surface area contributed by atoms with E-state index >= 15 is 0 Å². The van der Waals surface area contributed by atoms with E-state index in [0.29, 0.717) is 35.5 Å². The number of alkyl halides is 3. The van der Waals surface area contributed by atoms with Crippen molar-refractivity contribution in [1.29, 1.82) is 0 Å². The number of benzene rings is 1. The first-order chi connectivity index (χ1) is 13.3. The van der Waals surface area contributed by atoms with Gasteiger partial charge < -0.3 is 4.74 Å². The third-order valence-corrected chi connectivity index (χ3v) is 5.28. The van der Waals surface area contributed by atoms with Crippen LogP contribution in [0.5, 0.6) is 0 Å². The molecule has 0 aliphatic rings. The Kier molecular flexibility index (Phi) is 6.04. The van der Waals surface area contributed by atoms with Crippen LogP contribution in [0.2, 0.25) is 0 Å². The number of aryl methyl sites for hydroxylation is 1. The van der Waals surface area contributed by atoms with Gasteiger partial charge in [-0.3, -0.25) is 5.32 Å². The Bertz CT molecular complexity index is 977. The molecule has 1 atom stereocenters. The molecule has 1 N–H and O–H groups in total. The van der Waals surface area contributed by atoms with E-state index in [1.165, 1.54) is 10.8 Å². The minimum Gasteiger partial charge on any atom is -0.486 e. The lowest BCUT2D eigenvalue weighted by atomic mass is 10.0. The molecule has 0 spiro atoms. The van der Waals surface area contributed by atoms with Gasteiger partial charge in [0.25, 0.3) is 0 Å². The lowest BCUT2D eigenvalue weighted by Crippen LogP contribution is -2.26. The summed E-state index contributed by atoms with van der Waals surface area (Å²) in [6, 6.07) is 7.89.